The molecule has 22 heavy (non-hydrogen) atoms. The van der Waals surface area contributed by atoms with Gasteiger partial charge < -0.3 is 10.3 Å². The molecule has 8 heteroatoms. The fourth-order valence-electron chi connectivity index (χ4n) is 2.76. The topological polar surface area (TPSA) is 85.4 Å². The number of hydrogen-bond acceptors (Lipinski definition) is 4. The number of carbonyl (C=O) groups excluding carboxylic acids is 1. The fourth-order valence-corrected chi connectivity index (χ4v) is 5.96. The third-order valence-corrected chi connectivity index (χ3v) is 7.89. The smallest absolute Gasteiger partial charge is 0.265 e. The van der Waals surface area contributed by atoms with E-state index in [9.17, 15) is 13.2 Å². The van der Waals surface area contributed by atoms with E-state index in [1.54, 1.807) is 7.05 Å². The predicted octanol–water partition coefficient (Wildman–Crippen LogP) is 1.42. The largest absolute Gasteiger partial charge is 0.364 e. The van der Waals surface area contributed by atoms with Crippen LogP contribution in [0.1, 0.15) is 37.2 Å². The lowest BCUT2D eigenvalue weighted by Gasteiger charge is -2.40. The molecule has 1 saturated heterocycles. The second-order valence-corrected chi connectivity index (χ2v) is 9.11. The van der Waals surface area contributed by atoms with Gasteiger partial charge in [0.2, 0.25) is 10.0 Å². The van der Waals surface area contributed by atoms with Crippen molar-refractivity contribution in [3.63, 3.8) is 0 Å². The highest BCUT2D eigenvalue weighted by molar-refractivity contribution is 8.00. The minimum absolute atomic E-state index is 0.0212. The molecular formula is C14H23N3O3S2. The molecule has 0 atom stereocenters. The van der Waals surface area contributed by atoms with Crippen LogP contribution in [0.3, 0.4) is 0 Å². The van der Waals surface area contributed by atoms with Crippen LogP contribution in [-0.4, -0.2) is 46.8 Å². The summed E-state index contributed by atoms with van der Waals surface area (Å²) in [5.74, 6) is 0.158. The molecule has 0 unspecified atom stereocenters. The first-order chi connectivity index (χ1) is 10.3. The lowest BCUT2D eigenvalue weighted by molar-refractivity contribution is 0.0992. The summed E-state index contributed by atoms with van der Waals surface area (Å²) in [6.07, 6.45) is 3.32. The van der Waals surface area contributed by atoms with Crippen molar-refractivity contribution >= 4 is 27.7 Å². The zero-order valence-corrected chi connectivity index (χ0v) is 14.8. The average Bonchev–Trinajstić information content (AvgIpc) is 2.90. The van der Waals surface area contributed by atoms with Gasteiger partial charge in [-0.1, -0.05) is 13.8 Å². The van der Waals surface area contributed by atoms with Gasteiger partial charge in [-0.3, -0.25) is 4.79 Å². The molecule has 2 N–H and O–H groups in total. The van der Waals surface area contributed by atoms with Gasteiger partial charge in [-0.15, -0.1) is 0 Å². The summed E-state index contributed by atoms with van der Waals surface area (Å²) in [7, 11) is -1.98. The summed E-state index contributed by atoms with van der Waals surface area (Å²) < 4.78 is 28.7. The van der Waals surface area contributed by atoms with Crippen LogP contribution < -0.4 is 5.73 Å². The van der Waals surface area contributed by atoms with Crippen LogP contribution in [0.25, 0.3) is 0 Å². The Bertz CT molecular complexity index is 663. The zero-order valence-electron chi connectivity index (χ0n) is 13.2. The summed E-state index contributed by atoms with van der Waals surface area (Å²) >= 11 is 1.85. The monoisotopic (exact) mass is 345 g/mol. The summed E-state index contributed by atoms with van der Waals surface area (Å²) in [4.78, 5) is 11.5. The molecule has 1 aromatic heterocycles. The number of nitrogens with zero attached hydrogens (tertiary/aromatic N) is 2. The van der Waals surface area contributed by atoms with Crippen molar-refractivity contribution in [2.45, 2.75) is 36.3 Å². The fraction of sp³-hybridized carbons (Fsp3) is 0.643. The number of aromatic nitrogens is 1. The van der Waals surface area contributed by atoms with E-state index in [0.717, 1.165) is 18.6 Å². The lowest BCUT2D eigenvalue weighted by atomic mass is 10.0. The van der Waals surface area contributed by atoms with Crippen LogP contribution in [0.4, 0.5) is 0 Å². The average molecular weight is 345 g/mol. The number of primary amides is 1. The first-order valence-electron chi connectivity index (χ1n) is 7.36. The van der Waals surface area contributed by atoms with Crippen molar-refractivity contribution in [2.75, 3.05) is 18.8 Å². The number of thioether (sulfide) groups is 1. The number of amides is 1. The Hall–Kier alpha value is -0.990. The lowest BCUT2D eigenvalue weighted by Crippen LogP contribution is -2.48. The number of nitrogens with two attached hydrogens (primary N) is 1. The highest BCUT2D eigenvalue weighted by atomic mass is 32.2. The molecule has 1 fully saturated rings. The van der Waals surface area contributed by atoms with Crippen LogP contribution in [0.5, 0.6) is 0 Å². The molecule has 1 aromatic rings. The Labute approximate surface area is 136 Å². The van der Waals surface area contributed by atoms with Crippen molar-refractivity contribution in [3.05, 3.63) is 18.0 Å². The number of rotatable bonds is 5. The molecule has 0 spiro atoms. The summed E-state index contributed by atoms with van der Waals surface area (Å²) in [5, 5.41) is 0. The van der Waals surface area contributed by atoms with Crippen molar-refractivity contribution in [3.8, 4) is 0 Å². The molecule has 2 rings (SSSR count). The summed E-state index contributed by atoms with van der Waals surface area (Å²) in [5.41, 5.74) is 5.46. The predicted molar refractivity (Wildman–Crippen MR) is 88.5 cm³/mol. The van der Waals surface area contributed by atoms with E-state index in [0.29, 0.717) is 13.1 Å². The van der Waals surface area contributed by atoms with Crippen LogP contribution in [0, 0.1) is 0 Å². The van der Waals surface area contributed by atoms with E-state index in [1.807, 2.05) is 11.8 Å². The Morgan fingerprint density at radius 3 is 2.55 bits per heavy atom. The number of carbonyl (C=O) groups is 1. The number of sulfonamides is 1. The maximum absolute atomic E-state index is 12.8. The van der Waals surface area contributed by atoms with Crippen LogP contribution in [-0.2, 0) is 17.1 Å². The van der Waals surface area contributed by atoms with Gasteiger partial charge in [0, 0.05) is 36.8 Å². The molecule has 6 nitrogen and oxygen atoms in total. The van der Waals surface area contributed by atoms with Crippen molar-refractivity contribution in [1.82, 2.24) is 8.87 Å². The first kappa shape index (κ1) is 17.4. The first-order valence-corrected chi connectivity index (χ1v) is 9.78. The highest BCUT2D eigenvalue weighted by Gasteiger charge is 2.39. The molecule has 0 aromatic carbocycles. The minimum Gasteiger partial charge on any atom is -0.364 e. The minimum atomic E-state index is -3.60. The number of hydrogen-bond donors (Lipinski definition) is 1. The molecule has 0 bridgehead atoms. The summed E-state index contributed by atoms with van der Waals surface area (Å²) in [6, 6.07) is 1.36. The van der Waals surface area contributed by atoms with Gasteiger partial charge in [-0.05, 0) is 18.9 Å². The highest BCUT2D eigenvalue weighted by Crippen LogP contribution is 2.38. The number of aryl methyl sites for hydroxylation is 1. The Morgan fingerprint density at radius 1 is 1.41 bits per heavy atom. The third kappa shape index (κ3) is 3.04. The Kier molecular flexibility index (Phi) is 4.93. The van der Waals surface area contributed by atoms with E-state index in [4.69, 9.17) is 5.73 Å². The molecule has 1 aliphatic rings. The van der Waals surface area contributed by atoms with Crippen LogP contribution >= 0.6 is 11.8 Å². The van der Waals surface area contributed by atoms with Gasteiger partial charge in [-0.2, -0.15) is 16.1 Å². The summed E-state index contributed by atoms with van der Waals surface area (Å²) in [6.45, 7) is 5.20. The van der Waals surface area contributed by atoms with Crippen LogP contribution in [0.2, 0.25) is 0 Å². The maximum Gasteiger partial charge on any atom is 0.265 e. The van der Waals surface area contributed by atoms with Gasteiger partial charge in [-0.25, -0.2) is 8.42 Å². The Morgan fingerprint density at radius 2 is 2.05 bits per heavy atom. The van der Waals surface area contributed by atoms with E-state index in [1.165, 1.54) is 21.1 Å². The SMILES string of the molecule is CCC1(CC)CN(S(=O)(=O)c2cc(C(N)=O)n(C)c2)CCS1. The van der Waals surface area contributed by atoms with Gasteiger partial charge in [0.15, 0.2) is 0 Å². The van der Waals surface area contributed by atoms with E-state index >= 15 is 0 Å². The second-order valence-electron chi connectivity index (χ2n) is 5.61. The second kappa shape index (κ2) is 6.25. The molecule has 2 heterocycles. The molecule has 0 saturated carbocycles. The third-order valence-electron chi connectivity index (χ3n) is 4.37. The normalized spacial score (nSPS) is 19.2. The van der Waals surface area contributed by atoms with E-state index in [-0.39, 0.29) is 15.3 Å². The maximum atomic E-state index is 12.8. The molecule has 124 valence electrons. The van der Waals surface area contributed by atoms with E-state index < -0.39 is 15.9 Å². The van der Waals surface area contributed by atoms with Gasteiger partial charge in [0.25, 0.3) is 5.91 Å². The van der Waals surface area contributed by atoms with Crippen molar-refractivity contribution in [2.24, 2.45) is 12.8 Å². The van der Waals surface area contributed by atoms with Gasteiger partial charge in [0.05, 0.1) is 0 Å². The standard InChI is InChI=1S/C14H23N3O3S2/c1-4-14(5-2)10-17(6-7-21-14)22(19,20)11-8-12(13(15)18)16(3)9-11/h8-9H,4-7,10H2,1-3H3,(H2,15,18). The molecule has 0 aliphatic carbocycles. The molecule has 0 radical (unpaired) electrons. The molecular weight excluding hydrogens is 322 g/mol. The zero-order chi connectivity index (χ0) is 16.5. The van der Waals surface area contributed by atoms with Crippen molar-refractivity contribution in [1.29, 1.82) is 0 Å². The Balaban J connectivity index is 2.34. The van der Waals surface area contributed by atoms with Crippen LogP contribution in [0.15, 0.2) is 17.2 Å². The van der Waals surface area contributed by atoms with E-state index in [2.05, 4.69) is 13.8 Å². The van der Waals surface area contributed by atoms with Crippen molar-refractivity contribution < 1.29 is 13.2 Å². The van der Waals surface area contributed by atoms with Gasteiger partial charge >= 0.3 is 0 Å². The molecule has 1 aliphatic heterocycles. The molecule has 1 amide bonds. The quantitative estimate of drug-likeness (QED) is 0.874. The van der Waals surface area contributed by atoms with Gasteiger partial charge in [0.1, 0.15) is 10.6 Å².